The number of piperazine rings is 1. The second-order valence-corrected chi connectivity index (χ2v) is 6.46. The zero-order valence-corrected chi connectivity index (χ0v) is 14.0. The molecule has 0 saturated carbocycles. The smallest absolute Gasteiger partial charge is 0.410 e. The molecule has 5 nitrogen and oxygen atoms in total. The molecule has 0 spiro atoms. The number of ether oxygens (including phenoxy) is 2. The molecule has 0 aromatic heterocycles. The molecule has 1 heterocycles. The van der Waals surface area contributed by atoms with Gasteiger partial charge in [-0.15, -0.1) is 0 Å². The third-order valence-electron chi connectivity index (χ3n) is 3.47. The first kappa shape index (κ1) is 17.4. The van der Waals surface area contributed by atoms with Gasteiger partial charge in [-0.1, -0.05) is 12.1 Å². The summed E-state index contributed by atoms with van der Waals surface area (Å²) >= 11 is 0. The number of nitrogens with zero attached hydrogens (tertiary/aromatic N) is 2. The lowest BCUT2D eigenvalue weighted by Gasteiger charge is -2.37. The minimum atomic E-state index is -0.513. The maximum Gasteiger partial charge on any atom is 0.410 e. The van der Waals surface area contributed by atoms with E-state index in [2.05, 4.69) is 4.90 Å². The first-order valence-corrected chi connectivity index (χ1v) is 7.91. The molecular formula is C17H25FN2O3. The second-order valence-electron chi connectivity index (χ2n) is 6.46. The van der Waals surface area contributed by atoms with Crippen LogP contribution in [0, 0.1) is 0 Å². The number of benzene rings is 1. The van der Waals surface area contributed by atoms with Gasteiger partial charge in [-0.05, 0) is 32.9 Å². The Bertz CT molecular complexity index is 523. The molecule has 0 aliphatic carbocycles. The summed E-state index contributed by atoms with van der Waals surface area (Å²) in [5, 5.41) is 0. The van der Waals surface area contributed by atoms with Gasteiger partial charge in [0.1, 0.15) is 24.6 Å². The number of hydrogen-bond acceptors (Lipinski definition) is 4. The third-order valence-corrected chi connectivity index (χ3v) is 3.47. The molecule has 128 valence electrons. The summed E-state index contributed by atoms with van der Waals surface area (Å²) in [5.74, 6) is 0.677. The summed E-state index contributed by atoms with van der Waals surface area (Å²) < 4.78 is 23.2. The summed E-state index contributed by atoms with van der Waals surface area (Å²) in [6, 6.07) is 7.59. The fourth-order valence-corrected chi connectivity index (χ4v) is 2.45. The highest BCUT2D eigenvalue weighted by molar-refractivity contribution is 5.69. The number of hydrogen-bond donors (Lipinski definition) is 0. The van der Waals surface area contributed by atoms with Crippen molar-refractivity contribution in [2.45, 2.75) is 26.4 Å². The summed E-state index contributed by atoms with van der Waals surface area (Å²) in [6.07, 6.45) is -0.279. The zero-order valence-electron chi connectivity index (χ0n) is 14.0. The number of rotatable bonds is 4. The predicted molar refractivity (Wildman–Crippen MR) is 87.9 cm³/mol. The molecule has 2 rings (SSSR count). The molecule has 1 saturated heterocycles. The van der Waals surface area contributed by atoms with Crippen molar-refractivity contribution in [1.82, 2.24) is 4.90 Å². The van der Waals surface area contributed by atoms with Gasteiger partial charge in [-0.3, -0.25) is 0 Å². The van der Waals surface area contributed by atoms with Gasteiger partial charge in [-0.25, -0.2) is 9.18 Å². The van der Waals surface area contributed by atoms with Crippen molar-refractivity contribution in [2.75, 3.05) is 44.4 Å². The summed E-state index contributed by atoms with van der Waals surface area (Å²) in [4.78, 5) is 15.9. The van der Waals surface area contributed by atoms with Crippen LogP contribution in [0.15, 0.2) is 24.3 Å². The highest BCUT2D eigenvalue weighted by atomic mass is 19.1. The number of carbonyl (C=O) groups excluding carboxylic acids is 1. The Hall–Kier alpha value is -1.98. The molecule has 0 unspecified atom stereocenters. The van der Waals surface area contributed by atoms with Gasteiger partial charge in [0.15, 0.2) is 0 Å². The fourth-order valence-electron chi connectivity index (χ4n) is 2.45. The third kappa shape index (κ3) is 5.01. The van der Waals surface area contributed by atoms with Gasteiger partial charge < -0.3 is 19.3 Å². The normalized spacial score (nSPS) is 15.5. The lowest BCUT2D eigenvalue weighted by molar-refractivity contribution is 0.0240. The van der Waals surface area contributed by atoms with E-state index in [1.807, 2.05) is 45.0 Å². The maximum absolute atomic E-state index is 12.3. The monoisotopic (exact) mass is 324 g/mol. The van der Waals surface area contributed by atoms with Gasteiger partial charge in [-0.2, -0.15) is 0 Å². The van der Waals surface area contributed by atoms with Gasteiger partial charge in [0.25, 0.3) is 0 Å². The highest BCUT2D eigenvalue weighted by Crippen LogP contribution is 2.29. The zero-order chi connectivity index (χ0) is 16.9. The lowest BCUT2D eigenvalue weighted by Crippen LogP contribution is -2.50. The number of anilines is 1. The van der Waals surface area contributed by atoms with Crippen LogP contribution in [0.3, 0.4) is 0 Å². The van der Waals surface area contributed by atoms with Gasteiger partial charge in [0.05, 0.1) is 5.69 Å². The van der Waals surface area contributed by atoms with Gasteiger partial charge in [0, 0.05) is 26.2 Å². The van der Waals surface area contributed by atoms with Gasteiger partial charge in [0.2, 0.25) is 0 Å². The van der Waals surface area contributed by atoms with E-state index in [0.717, 1.165) is 5.69 Å². The Morgan fingerprint density at radius 3 is 2.43 bits per heavy atom. The largest absolute Gasteiger partial charge is 0.489 e. The Balaban J connectivity index is 1.95. The van der Waals surface area contributed by atoms with Crippen LogP contribution >= 0.6 is 0 Å². The van der Waals surface area contributed by atoms with Crippen LogP contribution in [0.25, 0.3) is 0 Å². The molecule has 1 aromatic rings. The van der Waals surface area contributed by atoms with Crippen molar-refractivity contribution in [3.05, 3.63) is 24.3 Å². The van der Waals surface area contributed by atoms with Crippen LogP contribution in [0.5, 0.6) is 5.75 Å². The maximum atomic E-state index is 12.3. The fraction of sp³-hybridized carbons (Fsp3) is 0.588. The van der Waals surface area contributed by atoms with Crippen LogP contribution in [0.1, 0.15) is 20.8 Å². The molecule has 1 aromatic carbocycles. The summed E-state index contributed by atoms with van der Waals surface area (Å²) in [7, 11) is 0. The van der Waals surface area contributed by atoms with Crippen LogP contribution in [0.2, 0.25) is 0 Å². The molecule has 0 radical (unpaired) electrons. The van der Waals surface area contributed by atoms with Crippen molar-refractivity contribution in [2.24, 2.45) is 0 Å². The molecule has 1 fully saturated rings. The van der Waals surface area contributed by atoms with Crippen molar-refractivity contribution in [3.8, 4) is 5.75 Å². The number of alkyl halides is 1. The van der Waals surface area contributed by atoms with E-state index in [1.54, 1.807) is 4.90 Å². The Kier molecular flexibility index (Phi) is 5.69. The first-order chi connectivity index (χ1) is 10.9. The Labute approximate surface area is 137 Å². The average Bonchev–Trinajstić information content (AvgIpc) is 2.52. The highest BCUT2D eigenvalue weighted by Gasteiger charge is 2.26. The number of para-hydroxylation sites is 2. The second kappa shape index (κ2) is 7.53. The van der Waals surface area contributed by atoms with E-state index in [1.165, 1.54) is 0 Å². The van der Waals surface area contributed by atoms with Crippen molar-refractivity contribution in [3.63, 3.8) is 0 Å². The van der Waals surface area contributed by atoms with E-state index in [0.29, 0.717) is 31.9 Å². The predicted octanol–water partition coefficient (Wildman–Crippen LogP) is 3.09. The van der Waals surface area contributed by atoms with Crippen LogP contribution in [-0.2, 0) is 4.74 Å². The average molecular weight is 324 g/mol. The standard InChI is InChI=1S/C17H25FN2O3/c1-17(2,3)23-16(21)20-11-9-19(10-12-20)14-6-4-5-7-15(14)22-13-8-18/h4-7H,8-13H2,1-3H3. The minimum absolute atomic E-state index is 0.0505. The Morgan fingerprint density at radius 2 is 1.83 bits per heavy atom. The van der Waals surface area contributed by atoms with Crippen molar-refractivity contribution in [1.29, 1.82) is 0 Å². The topological polar surface area (TPSA) is 42.0 Å². The lowest BCUT2D eigenvalue weighted by atomic mass is 10.2. The molecule has 1 aliphatic rings. The van der Waals surface area contributed by atoms with Crippen LogP contribution in [-0.4, -0.2) is 56.1 Å². The SMILES string of the molecule is CC(C)(C)OC(=O)N1CCN(c2ccccc2OCCF)CC1. The molecule has 1 amide bonds. The van der Waals surface area contributed by atoms with E-state index in [4.69, 9.17) is 9.47 Å². The Morgan fingerprint density at radius 1 is 1.17 bits per heavy atom. The minimum Gasteiger partial charge on any atom is -0.489 e. The number of amides is 1. The first-order valence-electron chi connectivity index (χ1n) is 7.91. The molecule has 0 bridgehead atoms. The van der Waals surface area contributed by atoms with E-state index < -0.39 is 12.3 Å². The van der Waals surface area contributed by atoms with Gasteiger partial charge >= 0.3 is 6.09 Å². The molecule has 23 heavy (non-hydrogen) atoms. The van der Waals surface area contributed by atoms with Crippen LogP contribution < -0.4 is 9.64 Å². The number of halogens is 1. The van der Waals surface area contributed by atoms with Crippen molar-refractivity contribution >= 4 is 11.8 Å². The molecule has 1 aliphatic heterocycles. The number of carbonyl (C=O) groups is 1. The van der Waals surface area contributed by atoms with E-state index in [9.17, 15) is 9.18 Å². The summed E-state index contributed by atoms with van der Waals surface area (Å²) in [6.45, 7) is 7.68. The quantitative estimate of drug-likeness (QED) is 0.853. The van der Waals surface area contributed by atoms with Crippen molar-refractivity contribution < 1.29 is 18.7 Å². The summed E-state index contributed by atoms with van der Waals surface area (Å²) in [5.41, 5.74) is 0.450. The van der Waals surface area contributed by atoms with E-state index >= 15 is 0 Å². The molecule has 0 atom stereocenters. The molecular weight excluding hydrogens is 299 g/mol. The van der Waals surface area contributed by atoms with E-state index in [-0.39, 0.29) is 12.7 Å². The molecule has 0 N–H and O–H groups in total. The van der Waals surface area contributed by atoms with Crippen LogP contribution in [0.4, 0.5) is 14.9 Å². The molecule has 6 heteroatoms.